The van der Waals surface area contributed by atoms with Crippen LogP contribution in [0.5, 0.6) is 5.75 Å². The van der Waals surface area contributed by atoms with E-state index in [0.29, 0.717) is 13.1 Å². The summed E-state index contributed by atoms with van der Waals surface area (Å²) in [6, 6.07) is 14.8. The molecule has 0 atom stereocenters. The number of aromatic nitrogens is 2. The Balaban J connectivity index is 0.00000320. The van der Waals surface area contributed by atoms with Crippen molar-refractivity contribution in [2.75, 3.05) is 13.7 Å². The molecule has 1 aromatic heterocycles. The van der Waals surface area contributed by atoms with Crippen LogP contribution < -0.4 is 15.4 Å². The standard InChI is InChI=1S/C23H29N5O.HI/c1-4-25-23(27-15-21-10-5-18(2)13-22(21)29-3)26-14-19-6-8-20(9-7-19)16-28-12-11-24-17-28;/h5-13,17H,4,14-16H2,1-3H3,(H2,25,26,27);1H. The molecule has 0 aliphatic heterocycles. The Bertz CT molecular complexity index is 923. The number of imidazole rings is 1. The first-order valence-electron chi connectivity index (χ1n) is 9.87. The molecule has 0 saturated heterocycles. The van der Waals surface area contributed by atoms with Crippen molar-refractivity contribution >= 4 is 29.9 Å². The first-order valence-corrected chi connectivity index (χ1v) is 9.87. The third kappa shape index (κ3) is 7.05. The van der Waals surface area contributed by atoms with Gasteiger partial charge in [0.2, 0.25) is 0 Å². The van der Waals surface area contributed by atoms with Gasteiger partial charge >= 0.3 is 0 Å². The van der Waals surface area contributed by atoms with E-state index < -0.39 is 0 Å². The van der Waals surface area contributed by atoms with Gasteiger partial charge in [-0.3, -0.25) is 0 Å². The molecule has 6 nitrogen and oxygen atoms in total. The number of halogens is 1. The van der Waals surface area contributed by atoms with Crippen LogP contribution in [0.4, 0.5) is 0 Å². The Morgan fingerprint density at radius 1 is 1.10 bits per heavy atom. The number of rotatable bonds is 8. The normalized spacial score (nSPS) is 11.0. The zero-order chi connectivity index (χ0) is 20.5. The predicted molar refractivity (Wildman–Crippen MR) is 133 cm³/mol. The van der Waals surface area contributed by atoms with Gasteiger partial charge in [0.25, 0.3) is 0 Å². The van der Waals surface area contributed by atoms with Gasteiger partial charge in [-0.2, -0.15) is 0 Å². The van der Waals surface area contributed by atoms with Gasteiger partial charge < -0.3 is 19.9 Å². The molecule has 3 rings (SSSR count). The second-order valence-corrected chi connectivity index (χ2v) is 6.92. The minimum absolute atomic E-state index is 0. The molecule has 7 heteroatoms. The Morgan fingerprint density at radius 2 is 1.87 bits per heavy atom. The van der Waals surface area contributed by atoms with E-state index in [2.05, 4.69) is 70.4 Å². The van der Waals surface area contributed by atoms with Gasteiger partial charge in [-0.05, 0) is 36.6 Å². The lowest BCUT2D eigenvalue weighted by atomic mass is 10.1. The third-order valence-corrected chi connectivity index (χ3v) is 4.60. The molecule has 0 amide bonds. The molecule has 0 saturated carbocycles. The molecule has 0 unspecified atom stereocenters. The number of hydrogen-bond acceptors (Lipinski definition) is 3. The summed E-state index contributed by atoms with van der Waals surface area (Å²) in [6.07, 6.45) is 5.59. The smallest absolute Gasteiger partial charge is 0.191 e. The molecular formula is C23H30IN5O. The van der Waals surface area contributed by atoms with Gasteiger partial charge in [-0.15, -0.1) is 24.0 Å². The third-order valence-electron chi connectivity index (χ3n) is 4.60. The lowest BCUT2D eigenvalue weighted by Crippen LogP contribution is -2.36. The van der Waals surface area contributed by atoms with E-state index in [1.165, 1.54) is 16.7 Å². The molecule has 0 spiro atoms. The van der Waals surface area contributed by atoms with Crippen molar-refractivity contribution in [3.8, 4) is 5.75 Å². The fourth-order valence-electron chi connectivity index (χ4n) is 3.03. The van der Waals surface area contributed by atoms with Crippen molar-refractivity contribution in [2.24, 2.45) is 4.99 Å². The number of methoxy groups -OCH3 is 1. The molecule has 0 aliphatic carbocycles. The van der Waals surface area contributed by atoms with Crippen molar-refractivity contribution in [1.29, 1.82) is 0 Å². The fourth-order valence-corrected chi connectivity index (χ4v) is 3.03. The number of aliphatic imine (C=N–C) groups is 1. The van der Waals surface area contributed by atoms with Crippen LogP contribution in [0.15, 0.2) is 66.2 Å². The maximum atomic E-state index is 5.49. The Hall–Kier alpha value is -2.55. The average molecular weight is 519 g/mol. The second-order valence-electron chi connectivity index (χ2n) is 6.92. The topological polar surface area (TPSA) is 63.5 Å². The minimum atomic E-state index is 0. The van der Waals surface area contributed by atoms with Crippen LogP contribution in [-0.4, -0.2) is 29.2 Å². The summed E-state index contributed by atoms with van der Waals surface area (Å²) in [4.78, 5) is 8.80. The highest BCUT2D eigenvalue weighted by Gasteiger charge is 2.05. The SMILES string of the molecule is CCNC(=NCc1ccc(Cn2ccnc2)cc1)NCc1ccc(C)cc1OC.I. The lowest BCUT2D eigenvalue weighted by molar-refractivity contribution is 0.408. The average Bonchev–Trinajstić information content (AvgIpc) is 3.25. The van der Waals surface area contributed by atoms with E-state index in [1.807, 2.05) is 18.6 Å². The Kier molecular flexibility index (Phi) is 9.66. The lowest BCUT2D eigenvalue weighted by Gasteiger charge is -2.14. The van der Waals surface area contributed by atoms with E-state index in [1.54, 1.807) is 13.3 Å². The predicted octanol–water partition coefficient (Wildman–Crippen LogP) is 4.12. The van der Waals surface area contributed by atoms with Crippen molar-refractivity contribution < 1.29 is 4.74 Å². The quantitative estimate of drug-likeness (QED) is 0.267. The summed E-state index contributed by atoms with van der Waals surface area (Å²) in [5.74, 6) is 1.68. The largest absolute Gasteiger partial charge is 0.496 e. The summed E-state index contributed by atoms with van der Waals surface area (Å²) < 4.78 is 7.55. The maximum Gasteiger partial charge on any atom is 0.191 e. The van der Waals surface area contributed by atoms with Gasteiger partial charge in [0, 0.05) is 37.6 Å². The number of aryl methyl sites for hydroxylation is 1. The van der Waals surface area contributed by atoms with E-state index in [4.69, 9.17) is 9.73 Å². The van der Waals surface area contributed by atoms with E-state index >= 15 is 0 Å². The summed E-state index contributed by atoms with van der Waals surface area (Å²) in [6.45, 7) is 7.03. The van der Waals surface area contributed by atoms with Crippen LogP contribution in [0.25, 0.3) is 0 Å². The van der Waals surface area contributed by atoms with Crippen molar-refractivity contribution in [2.45, 2.75) is 33.5 Å². The summed E-state index contributed by atoms with van der Waals surface area (Å²) in [7, 11) is 1.70. The number of ether oxygens (including phenoxy) is 1. The number of guanidine groups is 1. The van der Waals surface area contributed by atoms with Crippen LogP contribution in [0, 0.1) is 6.92 Å². The van der Waals surface area contributed by atoms with Crippen molar-refractivity contribution in [3.63, 3.8) is 0 Å². The number of nitrogens with zero attached hydrogens (tertiary/aromatic N) is 3. The van der Waals surface area contributed by atoms with Gasteiger partial charge in [0.1, 0.15) is 5.75 Å². The molecule has 160 valence electrons. The second kappa shape index (κ2) is 12.2. The van der Waals surface area contributed by atoms with E-state index in [0.717, 1.165) is 30.4 Å². The van der Waals surface area contributed by atoms with Gasteiger partial charge in [0.15, 0.2) is 5.96 Å². The summed E-state index contributed by atoms with van der Waals surface area (Å²) >= 11 is 0. The van der Waals surface area contributed by atoms with Gasteiger partial charge in [-0.1, -0.05) is 36.4 Å². The van der Waals surface area contributed by atoms with Crippen LogP contribution in [0.2, 0.25) is 0 Å². The molecule has 0 aliphatic rings. The van der Waals surface area contributed by atoms with Crippen molar-refractivity contribution in [1.82, 2.24) is 20.2 Å². The molecule has 3 aromatic rings. The Morgan fingerprint density at radius 3 is 2.53 bits per heavy atom. The monoisotopic (exact) mass is 519 g/mol. The zero-order valence-corrected chi connectivity index (χ0v) is 20.1. The van der Waals surface area contributed by atoms with Crippen LogP contribution in [-0.2, 0) is 19.6 Å². The van der Waals surface area contributed by atoms with Gasteiger partial charge in [-0.25, -0.2) is 9.98 Å². The van der Waals surface area contributed by atoms with Crippen LogP contribution >= 0.6 is 24.0 Å². The molecule has 0 bridgehead atoms. The highest BCUT2D eigenvalue weighted by Crippen LogP contribution is 2.19. The van der Waals surface area contributed by atoms with Crippen molar-refractivity contribution in [3.05, 3.63) is 83.4 Å². The highest BCUT2D eigenvalue weighted by molar-refractivity contribution is 14.0. The molecule has 30 heavy (non-hydrogen) atoms. The first kappa shape index (κ1) is 23.7. The summed E-state index contributed by atoms with van der Waals surface area (Å²) in [5.41, 5.74) is 4.70. The van der Waals surface area contributed by atoms with Crippen LogP contribution in [0.1, 0.15) is 29.2 Å². The number of hydrogen-bond donors (Lipinski definition) is 2. The zero-order valence-electron chi connectivity index (χ0n) is 17.8. The minimum Gasteiger partial charge on any atom is -0.496 e. The van der Waals surface area contributed by atoms with Gasteiger partial charge in [0.05, 0.1) is 20.0 Å². The first-order chi connectivity index (χ1) is 14.2. The number of nitrogens with one attached hydrogen (secondary N) is 2. The molecule has 0 fully saturated rings. The highest BCUT2D eigenvalue weighted by atomic mass is 127. The van der Waals surface area contributed by atoms with E-state index in [-0.39, 0.29) is 24.0 Å². The molecular weight excluding hydrogens is 489 g/mol. The Labute approximate surface area is 195 Å². The maximum absolute atomic E-state index is 5.49. The molecule has 2 aromatic carbocycles. The molecule has 2 N–H and O–H groups in total. The molecule has 1 heterocycles. The fraction of sp³-hybridized carbons (Fsp3) is 0.304. The van der Waals surface area contributed by atoms with Crippen LogP contribution in [0.3, 0.4) is 0 Å². The van der Waals surface area contributed by atoms with E-state index in [9.17, 15) is 0 Å². The number of benzene rings is 2. The summed E-state index contributed by atoms with van der Waals surface area (Å²) in [5, 5.41) is 6.69. The molecule has 0 radical (unpaired) electrons.